The summed E-state index contributed by atoms with van der Waals surface area (Å²) in [5.41, 5.74) is 4.03. The minimum atomic E-state index is -0.221. The summed E-state index contributed by atoms with van der Waals surface area (Å²) in [5.74, 6) is 0. The first-order valence-corrected chi connectivity index (χ1v) is 10.3. The maximum Gasteiger partial charge on any atom is 0.317 e. The molecule has 6 heteroatoms. The molecular weight excluding hydrogens is 362 g/mol. The highest BCUT2D eigenvalue weighted by Gasteiger charge is 2.53. The topological polar surface area (TPSA) is 63.1 Å². The number of carbonyl (C=O) groups excluding carboxylic acids is 1. The van der Waals surface area contributed by atoms with Crippen LogP contribution >= 0.6 is 0 Å². The number of benzene rings is 1. The van der Waals surface area contributed by atoms with Crippen LogP contribution in [-0.2, 0) is 5.41 Å². The molecule has 2 aliphatic rings. The SMILES string of the molecule is CC1CC2(CN(C(=O)NC(C)(C)C)C2)c2cc(-c3cnc4ccccc4c3)nn21. The second kappa shape index (κ2) is 6.05. The number of fused-ring (bicyclic) bond motifs is 3. The highest BCUT2D eigenvalue weighted by atomic mass is 16.2. The monoisotopic (exact) mass is 389 g/mol. The van der Waals surface area contributed by atoms with E-state index in [9.17, 15) is 4.79 Å². The minimum absolute atomic E-state index is 0.0180. The second-order valence-electron chi connectivity index (χ2n) is 9.65. The van der Waals surface area contributed by atoms with Crippen LogP contribution < -0.4 is 5.32 Å². The lowest BCUT2D eigenvalue weighted by molar-refractivity contribution is 0.0855. The molecule has 1 unspecified atom stereocenters. The molecule has 1 saturated heterocycles. The molecule has 2 aliphatic heterocycles. The van der Waals surface area contributed by atoms with Gasteiger partial charge in [0.1, 0.15) is 0 Å². The van der Waals surface area contributed by atoms with Crippen molar-refractivity contribution < 1.29 is 4.79 Å². The molecule has 1 spiro atoms. The van der Waals surface area contributed by atoms with Gasteiger partial charge in [-0.25, -0.2) is 4.79 Å². The third kappa shape index (κ3) is 2.98. The van der Waals surface area contributed by atoms with Crippen molar-refractivity contribution in [1.82, 2.24) is 25.0 Å². The van der Waals surface area contributed by atoms with E-state index in [-0.39, 0.29) is 17.0 Å². The van der Waals surface area contributed by atoms with Gasteiger partial charge in [-0.05, 0) is 52.3 Å². The number of rotatable bonds is 1. The van der Waals surface area contributed by atoms with E-state index in [0.717, 1.165) is 41.7 Å². The van der Waals surface area contributed by atoms with Crippen LogP contribution in [0.1, 0.15) is 45.9 Å². The maximum absolute atomic E-state index is 12.5. The Bertz CT molecular complexity index is 1100. The number of nitrogens with one attached hydrogen (secondary N) is 1. The van der Waals surface area contributed by atoms with Crippen molar-refractivity contribution >= 4 is 16.9 Å². The summed E-state index contributed by atoms with van der Waals surface area (Å²) in [6.07, 6.45) is 2.94. The lowest BCUT2D eigenvalue weighted by Gasteiger charge is -2.48. The van der Waals surface area contributed by atoms with Crippen LogP contribution in [0, 0.1) is 0 Å². The molecule has 0 saturated carbocycles. The van der Waals surface area contributed by atoms with Crippen LogP contribution in [0.3, 0.4) is 0 Å². The molecule has 2 amide bonds. The molecule has 1 fully saturated rings. The quantitative estimate of drug-likeness (QED) is 0.681. The number of aromatic nitrogens is 3. The standard InChI is InChI=1S/C23H27N5O/c1-15-11-23(13-27(14-23)21(29)25-22(2,3)4)20-10-19(26-28(15)20)17-9-16-7-5-6-8-18(16)24-12-17/h5-10,12,15H,11,13-14H2,1-4H3,(H,25,29). The van der Waals surface area contributed by atoms with E-state index >= 15 is 0 Å². The van der Waals surface area contributed by atoms with Crippen molar-refractivity contribution in [3.05, 3.63) is 48.3 Å². The van der Waals surface area contributed by atoms with Crippen LogP contribution in [0.15, 0.2) is 42.6 Å². The number of carbonyl (C=O) groups is 1. The van der Waals surface area contributed by atoms with Gasteiger partial charge in [-0.1, -0.05) is 18.2 Å². The normalized spacial score (nSPS) is 20.0. The highest BCUT2D eigenvalue weighted by Crippen LogP contribution is 2.48. The van der Waals surface area contributed by atoms with Gasteiger partial charge in [0.05, 0.1) is 17.3 Å². The van der Waals surface area contributed by atoms with Gasteiger partial charge >= 0.3 is 6.03 Å². The average Bonchev–Trinajstić information content (AvgIpc) is 3.18. The van der Waals surface area contributed by atoms with Gasteiger partial charge in [0, 0.05) is 46.9 Å². The molecule has 150 valence electrons. The van der Waals surface area contributed by atoms with Crippen molar-refractivity contribution in [1.29, 1.82) is 0 Å². The molecule has 0 aliphatic carbocycles. The molecule has 3 aromatic rings. The van der Waals surface area contributed by atoms with Gasteiger partial charge in [0.2, 0.25) is 0 Å². The van der Waals surface area contributed by atoms with Crippen LogP contribution in [0.4, 0.5) is 4.79 Å². The second-order valence-corrected chi connectivity index (χ2v) is 9.65. The fourth-order valence-corrected chi connectivity index (χ4v) is 4.75. The third-order valence-corrected chi connectivity index (χ3v) is 6.03. The fourth-order valence-electron chi connectivity index (χ4n) is 4.75. The van der Waals surface area contributed by atoms with Gasteiger partial charge < -0.3 is 10.2 Å². The van der Waals surface area contributed by atoms with Crippen molar-refractivity contribution in [2.24, 2.45) is 0 Å². The van der Waals surface area contributed by atoms with Gasteiger partial charge in [-0.15, -0.1) is 0 Å². The first kappa shape index (κ1) is 18.2. The zero-order valence-electron chi connectivity index (χ0n) is 17.4. The van der Waals surface area contributed by atoms with Crippen molar-refractivity contribution in [2.45, 2.75) is 51.1 Å². The Morgan fingerprint density at radius 2 is 1.97 bits per heavy atom. The first-order chi connectivity index (χ1) is 13.7. The van der Waals surface area contributed by atoms with E-state index in [4.69, 9.17) is 5.10 Å². The number of likely N-dealkylation sites (tertiary alicyclic amines) is 1. The van der Waals surface area contributed by atoms with Crippen LogP contribution in [0.2, 0.25) is 0 Å². The molecule has 5 rings (SSSR count). The Morgan fingerprint density at radius 1 is 1.21 bits per heavy atom. The minimum Gasteiger partial charge on any atom is -0.333 e. The summed E-state index contributed by atoms with van der Waals surface area (Å²) >= 11 is 0. The smallest absolute Gasteiger partial charge is 0.317 e. The fraction of sp³-hybridized carbons (Fsp3) is 0.435. The van der Waals surface area contributed by atoms with Crippen LogP contribution in [-0.4, -0.2) is 44.3 Å². The third-order valence-electron chi connectivity index (χ3n) is 6.03. The van der Waals surface area contributed by atoms with Crippen molar-refractivity contribution in [3.8, 4) is 11.3 Å². The lowest BCUT2D eigenvalue weighted by Crippen LogP contribution is -2.64. The zero-order valence-corrected chi connectivity index (χ0v) is 17.4. The lowest BCUT2D eigenvalue weighted by atomic mass is 9.75. The molecule has 6 nitrogen and oxygen atoms in total. The molecule has 4 heterocycles. The zero-order chi connectivity index (χ0) is 20.4. The van der Waals surface area contributed by atoms with Gasteiger partial charge in [0.15, 0.2) is 0 Å². The van der Waals surface area contributed by atoms with Crippen LogP contribution in [0.25, 0.3) is 22.2 Å². The van der Waals surface area contributed by atoms with E-state index < -0.39 is 0 Å². The molecule has 1 aromatic carbocycles. The van der Waals surface area contributed by atoms with Gasteiger partial charge in [-0.3, -0.25) is 9.67 Å². The number of amides is 2. The van der Waals surface area contributed by atoms with Crippen molar-refractivity contribution in [3.63, 3.8) is 0 Å². The Balaban J connectivity index is 1.42. The van der Waals surface area contributed by atoms with Crippen LogP contribution in [0.5, 0.6) is 0 Å². The first-order valence-electron chi connectivity index (χ1n) is 10.3. The van der Waals surface area contributed by atoms with Gasteiger partial charge in [0.25, 0.3) is 0 Å². The molecule has 1 N–H and O–H groups in total. The molecule has 1 atom stereocenters. The summed E-state index contributed by atoms with van der Waals surface area (Å²) in [7, 11) is 0. The number of nitrogens with zero attached hydrogens (tertiary/aromatic N) is 4. The Morgan fingerprint density at radius 3 is 2.72 bits per heavy atom. The number of pyridine rings is 1. The molecule has 0 radical (unpaired) electrons. The largest absolute Gasteiger partial charge is 0.333 e. The van der Waals surface area contributed by atoms with E-state index in [1.165, 1.54) is 5.69 Å². The van der Waals surface area contributed by atoms with E-state index in [1.54, 1.807) is 0 Å². The van der Waals surface area contributed by atoms with E-state index in [1.807, 2.05) is 50.1 Å². The van der Waals surface area contributed by atoms with E-state index in [0.29, 0.717) is 6.04 Å². The predicted octanol–water partition coefficient (Wildman–Crippen LogP) is 4.12. The summed E-state index contributed by atoms with van der Waals surface area (Å²) < 4.78 is 2.16. The van der Waals surface area contributed by atoms with Gasteiger partial charge in [-0.2, -0.15) is 5.10 Å². The number of urea groups is 1. The Hall–Kier alpha value is -2.89. The van der Waals surface area contributed by atoms with E-state index in [2.05, 4.69) is 40.1 Å². The summed E-state index contributed by atoms with van der Waals surface area (Å²) in [6.45, 7) is 9.75. The highest BCUT2D eigenvalue weighted by molar-refractivity contribution is 5.83. The number of para-hydroxylation sites is 1. The summed E-state index contributed by atoms with van der Waals surface area (Å²) in [6, 6.07) is 12.8. The summed E-state index contributed by atoms with van der Waals surface area (Å²) in [4.78, 5) is 19.0. The molecule has 29 heavy (non-hydrogen) atoms. The molecule has 2 aromatic heterocycles. The average molecular weight is 390 g/mol. The maximum atomic E-state index is 12.5. The number of hydrogen-bond acceptors (Lipinski definition) is 3. The Labute approximate surface area is 170 Å². The summed E-state index contributed by atoms with van der Waals surface area (Å²) in [5, 5.41) is 9.10. The molecule has 0 bridgehead atoms. The number of hydrogen-bond donors (Lipinski definition) is 1. The predicted molar refractivity (Wildman–Crippen MR) is 114 cm³/mol. The van der Waals surface area contributed by atoms with Crippen molar-refractivity contribution in [2.75, 3.05) is 13.1 Å². The Kier molecular flexibility index (Phi) is 3.79. The molecular formula is C23H27N5O.